The minimum Gasteiger partial charge on any atom is -0.295 e. The zero-order valence-corrected chi connectivity index (χ0v) is 13.3. The second-order valence-corrected chi connectivity index (χ2v) is 6.10. The van der Waals surface area contributed by atoms with Crippen molar-refractivity contribution in [2.24, 2.45) is 4.99 Å². The van der Waals surface area contributed by atoms with Gasteiger partial charge in [0.2, 0.25) is 0 Å². The summed E-state index contributed by atoms with van der Waals surface area (Å²) >= 11 is 0. The van der Waals surface area contributed by atoms with Crippen LogP contribution in [0.2, 0.25) is 0 Å². The summed E-state index contributed by atoms with van der Waals surface area (Å²) in [6.45, 7) is 2.97. The Morgan fingerprint density at radius 1 is 1.22 bits per heavy atom. The molecule has 1 amide bonds. The van der Waals surface area contributed by atoms with E-state index >= 15 is 0 Å². The molecule has 2 aliphatic heterocycles. The van der Waals surface area contributed by atoms with Gasteiger partial charge in [0, 0.05) is 6.04 Å². The van der Waals surface area contributed by atoms with Gasteiger partial charge in [-0.25, -0.2) is 5.06 Å². The fraction of sp³-hybridized carbons (Fsp3) is 0.444. The lowest BCUT2D eigenvalue weighted by Gasteiger charge is -2.33. The molecular formula is C18H23N3O2. The number of amides is 1. The van der Waals surface area contributed by atoms with Gasteiger partial charge in [-0.3, -0.25) is 19.9 Å². The van der Waals surface area contributed by atoms with E-state index in [0.29, 0.717) is 12.3 Å². The number of nitrogens with zero attached hydrogens (tertiary/aromatic N) is 3. The molecule has 0 aromatic heterocycles. The quantitative estimate of drug-likeness (QED) is 0.685. The highest BCUT2D eigenvalue weighted by Crippen LogP contribution is 2.16. The molecule has 0 aliphatic carbocycles. The molecule has 5 nitrogen and oxygen atoms in total. The lowest BCUT2D eigenvalue weighted by molar-refractivity contribution is -0.159. The monoisotopic (exact) mass is 313 g/mol. The second kappa shape index (κ2) is 7.53. The van der Waals surface area contributed by atoms with E-state index in [1.807, 2.05) is 36.4 Å². The molecule has 0 spiro atoms. The Bertz CT molecular complexity index is 592. The number of hydrogen-bond acceptors (Lipinski definition) is 4. The molecule has 1 N–H and O–H groups in total. The van der Waals surface area contributed by atoms with Gasteiger partial charge in [0.05, 0.1) is 13.1 Å². The third-order valence-electron chi connectivity index (χ3n) is 4.41. The maximum atomic E-state index is 12.3. The predicted octanol–water partition coefficient (Wildman–Crippen LogP) is 2.27. The summed E-state index contributed by atoms with van der Waals surface area (Å²) in [6, 6.07) is 9.71. The number of rotatable bonds is 4. The lowest BCUT2D eigenvalue weighted by atomic mass is 10.1. The Kier molecular flexibility index (Phi) is 5.20. The Hall–Kier alpha value is -1.98. The second-order valence-electron chi connectivity index (χ2n) is 6.10. The van der Waals surface area contributed by atoms with Gasteiger partial charge in [0.1, 0.15) is 5.71 Å². The number of carbonyl (C=O) groups is 1. The summed E-state index contributed by atoms with van der Waals surface area (Å²) in [5.74, 6) is -0.442. The van der Waals surface area contributed by atoms with Crippen molar-refractivity contribution in [3.8, 4) is 0 Å². The summed E-state index contributed by atoms with van der Waals surface area (Å²) in [7, 11) is 0. The number of benzene rings is 1. The van der Waals surface area contributed by atoms with Crippen LogP contribution < -0.4 is 0 Å². The van der Waals surface area contributed by atoms with E-state index in [0.717, 1.165) is 23.7 Å². The Balaban J connectivity index is 1.56. The topological polar surface area (TPSA) is 56.1 Å². The van der Waals surface area contributed by atoms with Gasteiger partial charge in [0.15, 0.2) is 0 Å². The molecule has 1 atom stereocenters. The maximum absolute atomic E-state index is 12.3. The predicted molar refractivity (Wildman–Crippen MR) is 89.4 cm³/mol. The summed E-state index contributed by atoms with van der Waals surface area (Å²) in [4.78, 5) is 19.1. The zero-order chi connectivity index (χ0) is 16.1. The first-order chi connectivity index (χ1) is 11.2. The number of aliphatic imine (C=N–C) groups is 1. The van der Waals surface area contributed by atoms with Crippen molar-refractivity contribution < 1.29 is 10.0 Å². The largest absolute Gasteiger partial charge is 0.295 e. The molecule has 0 saturated carbocycles. The van der Waals surface area contributed by atoms with Gasteiger partial charge in [0.25, 0.3) is 5.91 Å². The van der Waals surface area contributed by atoms with Gasteiger partial charge in [-0.15, -0.1) is 0 Å². The molecule has 1 fully saturated rings. The Morgan fingerprint density at radius 2 is 1.96 bits per heavy atom. The van der Waals surface area contributed by atoms with Crippen LogP contribution in [0.4, 0.5) is 0 Å². The van der Waals surface area contributed by atoms with Crippen LogP contribution in [0.1, 0.15) is 24.8 Å². The van der Waals surface area contributed by atoms with E-state index in [9.17, 15) is 10.0 Å². The van der Waals surface area contributed by atoms with Crippen LogP contribution in [0.3, 0.4) is 0 Å². The van der Waals surface area contributed by atoms with Crippen LogP contribution in [-0.4, -0.2) is 52.5 Å². The van der Waals surface area contributed by atoms with Crippen molar-refractivity contribution in [2.45, 2.75) is 31.8 Å². The van der Waals surface area contributed by atoms with Gasteiger partial charge in [-0.1, -0.05) is 42.8 Å². The van der Waals surface area contributed by atoms with E-state index in [4.69, 9.17) is 0 Å². The smallest absolute Gasteiger partial charge is 0.295 e. The summed E-state index contributed by atoms with van der Waals surface area (Å²) in [6.07, 6.45) is 7.57. The number of carbonyl (C=O) groups excluding carboxylic acids is 1. The van der Waals surface area contributed by atoms with Crippen molar-refractivity contribution in [1.82, 2.24) is 9.96 Å². The lowest BCUT2D eigenvalue weighted by Crippen LogP contribution is -2.42. The summed E-state index contributed by atoms with van der Waals surface area (Å²) < 4.78 is 0. The fourth-order valence-corrected chi connectivity index (χ4v) is 3.09. The van der Waals surface area contributed by atoms with Crippen LogP contribution in [0, 0.1) is 0 Å². The van der Waals surface area contributed by atoms with E-state index in [-0.39, 0.29) is 12.6 Å². The summed E-state index contributed by atoms with van der Waals surface area (Å²) in [5.41, 5.74) is 1.21. The molecule has 2 heterocycles. The first-order valence-corrected chi connectivity index (χ1v) is 8.25. The van der Waals surface area contributed by atoms with Crippen molar-refractivity contribution in [3.05, 3.63) is 48.0 Å². The van der Waals surface area contributed by atoms with Crippen LogP contribution in [0.15, 0.2) is 47.5 Å². The minimum atomic E-state index is -0.442. The molecule has 122 valence electrons. The maximum Gasteiger partial charge on any atom is 0.295 e. The summed E-state index contributed by atoms with van der Waals surface area (Å²) in [5, 5.41) is 10.7. The molecule has 1 aromatic carbocycles. The van der Waals surface area contributed by atoms with E-state index in [2.05, 4.69) is 9.89 Å². The van der Waals surface area contributed by atoms with Crippen LogP contribution >= 0.6 is 0 Å². The highest BCUT2D eigenvalue weighted by molar-refractivity contribution is 6.43. The average Bonchev–Trinajstić information content (AvgIpc) is 2.63. The standard InChI is InChI=1S/C18H23N3O2/c22-18(21(23)14-15-7-3-1-4-8-15)17-10-9-16(13-19-17)20-11-5-2-6-12-20/h1,3-4,7-10,16,23H,2,5-6,11-14H2. The van der Waals surface area contributed by atoms with Crippen LogP contribution in [0.5, 0.6) is 0 Å². The van der Waals surface area contributed by atoms with Gasteiger partial charge in [-0.05, 0) is 37.6 Å². The first-order valence-electron chi connectivity index (χ1n) is 8.25. The third kappa shape index (κ3) is 4.06. The number of hydroxylamine groups is 2. The van der Waals surface area contributed by atoms with Gasteiger partial charge < -0.3 is 0 Å². The first kappa shape index (κ1) is 15.9. The number of dihydropyridines is 1. The van der Waals surface area contributed by atoms with Crippen LogP contribution in [0.25, 0.3) is 0 Å². The minimum absolute atomic E-state index is 0.169. The molecule has 0 radical (unpaired) electrons. The van der Waals surface area contributed by atoms with Crippen molar-refractivity contribution in [1.29, 1.82) is 0 Å². The molecule has 1 saturated heterocycles. The fourth-order valence-electron chi connectivity index (χ4n) is 3.09. The van der Waals surface area contributed by atoms with Gasteiger partial charge in [-0.2, -0.15) is 0 Å². The molecule has 5 heteroatoms. The normalized spacial score (nSPS) is 21.8. The average molecular weight is 313 g/mol. The Labute approximate surface area is 136 Å². The van der Waals surface area contributed by atoms with E-state index in [1.165, 1.54) is 19.3 Å². The highest BCUT2D eigenvalue weighted by atomic mass is 16.5. The van der Waals surface area contributed by atoms with Crippen molar-refractivity contribution in [2.75, 3.05) is 19.6 Å². The Morgan fingerprint density at radius 3 is 2.61 bits per heavy atom. The molecule has 3 rings (SSSR count). The number of hydrogen-bond donors (Lipinski definition) is 1. The molecular weight excluding hydrogens is 290 g/mol. The molecule has 23 heavy (non-hydrogen) atoms. The zero-order valence-electron chi connectivity index (χ0n) is 13.3. The molecule has 1 unspecified atom stereocenters. The van der Waals surface area contributed by atoms with Crippen LogP contribution in [-0.2, 0) is 11.3 Å². The van der Waals surface area contributed by atoms with Crippen molar-refractivity contribution in [3.63, 3.8) is 0 Å². The molecule has 1 aromatic rings. The van der Waals surface area contributed by atoms with Crippen molar-refractivity contribution >= 4 is 11.6 Å². The van der Waals surface area contributed by atoms with E-state index < -0.39 is 5.91 Å². The SMILES string of the molecule is O=C(C1=NCC(N2CCCCC2)C=C1)N(O)Cc1ccccc1. The third-order valence-corrected chi connectivity index (χ3v) is 4.41. The number of likely N-dealkylation sites (tertiary alicyclic amines) is 1. The molecule has 2 aliphatic rings. The number of piperidine rings is 1. The highest BCUT2D eigenvalue weighted by Gasteiger charge is 2.23. The molecule has 0 bridgehead atoms. The van der Waals surface area contributed by atoms with Gasteiger partial charge >= 0.3 is 0 Å². The van der Waals surface area contributed by atoms with E-state index in [1.54, 1.807) is 6.08 Å².